The standard InChI is InChI=1S/C13H17N3O3S2/c1-8-9(2)19-13(15-8)20-12-7-10(5-6-11(12)14)21(17,18)16(3)4/h5-7H,14H2,1-4H3. The van der Waals surface area contributed by atoms with Gasteiger partial charge in [0.2, 0.25) is 10.0 Å². The number of rotatable bonds is 4. The molecule has 0 saturated heterocycles. The molecule has 0 spiro atoms. The fourth-order valence-corrected chi connectivity index (χ4v) is 3.47. The van der Waals surface area contributed by atoms with Crippen molar-refractivity contribution in [3.05, 3.63) is 29.7 Å². The van der Waals surface area contributed by atoms with Gasteiger partial charge in [-0.05, 0) is 43.8 Å². The molecule has 0 atom stereocenters. The third-order valence-corrected chi connectivity index (χ3v) is 5.70. The Morgan fingerprint density at radius 1 is 1.29 bits per heavy atom. The maximum absolute atomic E-state index is 12.1. The maximum atomic E-state index is 12.1. The zero-order valence-corrected chi connectivity index (χ0v) is 13.9. The number of anilines is 1. The van der Waals surface area contributed by atoms with Gasteiger partial charge < -0.3 is 10.2 Å². The van der Waals surface area contributed by atoms with Crippen LogP contribution in [0.1, 0.15) is 11.5 Å². The van der Waals surface area contributed by atoms with Crippen LogP contribution in [-0.2, 0) is 10.0 Å². The number of benzene rings is 1. The van der Waals surface area contributed by atoms with Gasteiger partial charge in [-0.1, -0.05) is 0 Å². The van der Waals surface area contributed by atoms with Crippen molar-refractivity contribution in [2.45, 2.75) is 28.9 Å². The van der Waals surface area contributed by atoms with E-state index in [0.717, 1.165) is 15.8 Å². The monoisotopic (exact) mass is 327 g/mol. The first kappa shape index (κ1) is 15.9. The van der Waals surface area contributed by atoms with Crippen LogP contribution in [0.25, 0.3) is 0 Å². The molecule has 0 fully saturated rings. The molecule has 8 heteroatoms. The molecule has 1 heterocycles. The van der Waals surface area contributed by atoms with E-state index in [0.29, 0.717) is 15.8 Å². The van der Waals surface area contributed by atoms with E-state index in [9.17, 15) is 8.42 Å². The van der Waals surface area contributed by atoms with Crippen LogP contribution in [0.2, 0.25) is 0 Å². The van der Waals surface area contributed by atoms with Crippen molar-refractivity contribution in [1.82, 2.24) is 9.29 Å². The van der Waals surface area contributed by atoms with Crippen molar-refractivity contribution in [2.75, 3.05) is 19.8 Å². The molecule has 21 heavy (non-hydrogen) atoms. The zero-order valence-electron chi connectivity index (χ0n) is 12.2. The average molecular weight is 327 g/mol. The predicted molar refractivity (Wildman–Crippen MR) is 81.8 cm³/mol. The van der Waals surface area contributed by atoms with E-state index >= 15 is 0 Å². The lowest BCUT2D eigenvalue weighted by atomic mass is 10.3. The van der Waals surface area contributed by atoms with Crippen LogP contribution in [0.3, 0.4) is 0 Å². The van der Waals surface area contributed by atoms with Gasteiger partial charge >= 0.3 is 0 Å². The van der Waals surface area contributed by atoms with E-state index in [1.165, 1.54) is 38.0 Å². The molecule has 1 aromatic carbocycles. The largest absolute Gasteiger partial charge is 0.436 e. The van der Waals surface area contributed by atoms with Crippen LogP contribution in [0, 0.1) is 13.8 Å². The molecule has 0 unspecified atom stereocenters. The van der Waals surface area contributed by atoms with Crippen LogP contribution >= 0.6 is 11.8 Å². The lowest BCUT2D eigenvalue weighted by molar-refractivity contribution is 0.431. The fourth-order valence-electron chi connectivity index (χ4n) is 1.56. The van der Waals surface area contributed by atoms with E-state index in [2.05, 4.69) is 4.98 Å². The van der Waals surface area contributed by atoms with Crippen molar-refractivity contribution in [3.63, 3.8) is 0 Å². The minimum absolute atomic E-state index is 0.184. The number of aryl methyl sites for hydroxylation is 2. The highest BCUT2D eigenvalue weighted by Crippen LogP contribution is 2.34. The molecule has 0 aliphatic heterocycles. The molecule has 1 aromatic heterocycles. The summed E-state index contributed by atoms with van der Waals surface area (Å²) in [6, 6.07) is 4.59. The molecule has 0 amide bonds. The van der Waals surface area contributed by atoms with Crippen molar-refractivity contribution >= 4 is 27.5 Å². The minimum atomic E-state index is -3.50. The number of hydrogen-bond acceptors (Lipinski definition) is 6. The first-order valence-electron chi connectivity index (χ1n) is 6.15. The lowest BCUT2D eigenvalue weighted by Gasteiger charge is -2.12. The molecule has 2 N–H and O–H groups in total. The smallest absolute Gasteiger partial charge is 0.261 e. The summed E-state index contributed by atoms with van der Waals surface area (Å²) in [4.78, 5) is 5.04. The maximum Gasteiger partial charge on any atom is 0.261 e. The highest BCUT2D eigenvalue weighted by atomic mass is 32.2. The molecule has 0 saturated carbocycles. The van der Waals surface area contributed by atoms with E-state index in [1.54, 1.807) is 6.07 Å². The van der Waals surface area contributed by atoms with Crippen LogP contribution < -0.4 is 5.73 Å². The SMILES string of the molecule is Cc1nc(Sc2cc(S(=O)(=O)N(C)C)ccc2N)oc1C. The zero-order chi connectivity index (χ0) is 15.8. The van der Waals surface area contributed by atoms with Crippen molar-refractivity contribution < 1.29 is 12.8 Å². The van der Waals surface area contributed by atoms with Gasteiger partial charge in [0, 0.05) is 24.7 Å². The molecule has 0 radical (unpaired) electrons. The first-order chi connectivity index (χ1) is 9.71. The summed E-state index contributed by atoms with van der Waals surface area (Å²) in [5.41, 5.74) is 7.18. The van der Waals surface area contributed by atoms with Crippen LogP contribution in [0.15, 0.2) is 37.6 Å². The van der Waals surface area contributed by atoms with E-state index in [-0.39, 0.29) is 4.90 Å². The number of nitrogens with zero attached hydrogens (tertiary/aromatic N) is 2. The Morgan fingerprint density at radius 2 is 1.95 bits per heavy atom. The molecule has 114 valence electrons. The number of oxazole rings is 1. The van der Waals surface area contributed by atoms with Crippen molar-refractivity contribution in [3.8, 4) is 0 Å². The van der Waals surface area contributed by atoms with Gasteiger partial charge in [0.15, 0.2) is 0 Å². The van der Waals surface area contributed by atoms with Crippen molar-refractivity contribution in [1.29, 1.82) is 0 Å². The van der Waals surface area contributed by atoms with Crippen LogP contribution in [-0.4, -0.2) is 31.8 Å². The molecule has 6 nitrogen and oxygen atoms in total. The van der Waals surface area contributed by atoms with E-state index in [1.807, 2.05) is 13.8 Å². The number of sulfonamides is 1. The average Bonchev–Trinajstić information content (AvgIpc) is 2.70. The van der Waals surface area contributed by atoms with Gasteiger partial charge in [-0.25, -0.2) is 17.7 Å². The van der Waals surface area contributed by atoms with Gasteiger partial charge in [-0.15, -0.1) is 0 Å². The topological polar surface area (TPSA) is 89.4 Å². The van der Waals surface area contributed by atoms with Gasteiger partial charge in [0.25, 0.3) is 5.22 Å². The summed E-state index contributed by atoms with van der Waals surface area (Å²) >= 11 is 1.21. The Morgan fingerprint density at radius 3 is 2.48 bits per heavy atom. The normalized spacial score (nSPS) is 12.0. The Hall–Kier alpha value is -1.51. The quantitative estimate of drug-likeness (QED) is 0.867. The Labute approximate surface area is 128 Å². The summed E-state index contributed by atoms with van der Waals surface area (Å²) in [7, 11) is -0.527. The summed E-state index contributed by atoms with van der Waals surface area (Å²) < 4.78 is 30.9. The van der Waals surface area contributed by atoms with E-state index in [4.69, 9.17) is 10.2 Å². The Balaban J connectivity index is 2.40. The summed E-state index contributed by atoms with van der Waals surface area (Å²) in [5, 5.41) is 0.441. The van der Waals surface area contributed by atoms with Crippen molar-refractivity contribution in [2.24, 2.45) is 0 Å². The highest BCUT2D eigenvalue weighted by Gasteiger charge is 2.19. The third-order valence-electron chi connectivity index (χ3n) is 2.97. The number of nitrogen functional groups attached to an aromatic ring is 1. The third kappa shape index (κ3) is 3.22. The second-order valence-corrected chi connectivity index (χ2v) is 7.86. The van der Waals surface area contributed by atoms with Gasteiger partial charge in [0.1, 0.15) is 5.76 Å². The van der Waals surface area contributed by atoms with E-state index < -0.39 is 10.0 Å². The molecular weight excluding hydrogens is 310 g/mol. The molecule has 0 bridgehead atoms. The second kappa shape index (κ2) is 5.70. The minimum Gasteiger partial charge on any atom is -0.436 e. The summed E-state index contributed by atoms with van der Waals surface area (Å²) in [5.74, 6) is 0.730. The van der Waals surface area contributed by atoms with Crippen LogP contribution in [0.4, 0.5) is 5.69 Å². The summed E-state index contributed by atoms with van der Waals surface area (Å²) in [6.07, 6.45) is 0. The molecule has 2 aromatic rings. The Kier molecular flexibility index (Phi) is 4.31. The fraction of sp³-hybridized carbons (Fsp3) is 0.308. The van der Waals surface area contributed by atoms with Gasteiger partial charge in [-0.3, -0.25) is 0 Å². The number of aromatic nitrogens is 1. The lowest BCUT2D eigenvalue weighted by Crippen LogP contribution is -2.22. The van der Waals surface area contributed by atoms with Gasteiger partial charge in [0.05, 0.1) is 10.6 Å². The van der Waals surface area contributed by atoms with Gasteiger partial charge in [-0.2, -0.15) is 0 Å². The number of nitrogens with two attached hydrogens (primary N) is 1. The highest BCUT2D eigenvalue weighted by molar-refractivity contribution is 7.99. The Bertz CT molecular complexity index is 747. The molecule has 0 aliphatic carbocycles. The summed E-state index contributed by atoms with van der Waals surface area (Å²) in [6.45, 7) is 3.67. The predicted octanol–water partition coefficient (Wildman–Crippen LogP) is 2.28. The van der Waals surface area contributed by atoms with Crippen LogP contribution in [0.5, 0.6) is 0 Å². The number of hydrogen-bond donors (Lipinski definition) is 1. The first-order valence-corrected chi connectivity index (χ1v) is 8.41. The second-order valence-electron chi connectivity index (χ2n) is 4.71. The molecular formula is C13H17N3O3S2. The molecule has 0 aliphatic rings. The molecule has 2 rings (SSSR count).